The molecule has 4 nitrogen and oxygen atoms in total. The second-order valence-electron chi connectivity index (χ2n) is 5.15. The lowest BCUT2D eigenvalue weighted by Crippen LogP contribution is -2.09. The number of anilines is 1. The summed E-state index contributed by atoms with van der Waals surface area (Å²) < 4.78 is 61.5. The quantitative estimate of drug-likeness (QED) is 0.667. The number of alkyl halides is 3. The van der Waals surface area contributed by atoms with Gasteiger partial charge in [0.05, 0.1) is 21.9 Å². The molecule has 0 aliphatic heterocycles. The molecule has 0 saturated heterocycles. The summed E-state index contributed by atoms with van der Waals surface area (Å²) >= 11 is 0. The molecule has 8 heteroatoms. The molecule has 0 bridgehead atoms. The zero-order valence-corrected chi connectivity index (χ0v) is 13.7. The highest BCUT2D eigenvalue weighted by Gasteiger charge is 2.33. The number of nitrogens with zero attached hydrogens (tertiary/aromatic N) is 1. The van der Waals surface area contributed by atoms with E-state index in [0.29, 0.717) is 11.3 Å². The van der Waals surface area contributed by atoms with Gasteiger partial charge in [-0.05, 0) is 36.8 Å². The van der Waals surface area contributed by atoms with Crippen LogP contribution in [-0.2, 0) is 16.0 Å². The van der Waals surface area contributed by atoms with Crippen LogP contribution in [0.4, 0.5) is 18.9 Å². The molecule has 128 valence electrons. The summed E-state index contributed by atoms with van der Waals surface area (Å²) in [7, 11) is -3.30. The Bertz CT molecular complexity index is 858. The lowest BCUT2D eigenvalue weighted by atomic mass is 10.1. The molecule has 0 radical (unpaired) electrons. The number of hydrogen-bond donors (Lipinski definition) is 1. The highest BCUT2D eigenvalue weighted by atomic mass is 32.2. The third-order valence-corrected chi connectivity index (χ3v) is 4.41. The van der Waals surface area contributed by atoms with Gasteiger partial charge < -0.3 is 0 Å². The molecule has 0 aromatic heterocycles. The number of rotatable bonds is 4. The second kappa shape index (κ2) is 6.64. The summed E-state index contributed by atoms with van der Waals surface area (Å²) in [4.78, 5) is 0.162. The van der Waals surface area contributed by atoms with Gasteiger partial charge in [0.2, 0.25) is 0 Å². The highest BCUT2D eigenvalue weighted by molar-refractivity contribution is 7.90. The Kier molecular flexibility index (Phi) is 4.98. The minimum absolute atomic E-state index is 0.155. The second-order valence-corrected chi connectivity index (χ2v) is 7.16. The zero-order valence-electron chi connectivity index (χ0n) is 12.9. The van der Waals surface area contributed by atoms with Gasteiger partial charge in [-0.1, -0.05) is 24.3 Å². The van der Waals surface area contributed by atoms with Crippen LogP contribution >= 0.6 is 0 Å². The van der Waals surface area contributed by atoms with Gasteiger partial charge in [0.1, 0.15) is 0 Å². The van der Waals surface area contributed by atoms with Crippen molar-refractivity contribution in [3.8, 4) is 0 Å². The summed E-state index contributed by atoms with van der Waals surface area (Å²) in [5, 5.41) is 3.95. The van der Waals surface area contributed by atoms with Crippen molar-refractivity contribution < 1.29 is 21.6 Å². The number of benzene rings is 2. The zero-order chi connectivity index (χ0) is 18.0. The lowest BCUT2D eigenvalue weighted by Gasteiger charge is -2.12. The summed E-state index contributed by atoms with van der Waals surface area (Å²) in [6.07, 6.45) is -3.39. The number of hydrazone groups is 1. The van der Waals surface area contributed by atoms with Crippen molar-refractivity contribution in [2.24, 2.45) is 5.10 Å². The van der Waals surface area contributed by atoms with Gasteiger partial charge in [-0.3, -0.25) is 5.43 Å². The van der Waals surface area contributed by atoms with Gasteiger partial charge >= 0.3 is 6.18 Å². The van der Waals surface area contributed by atoms with E-state index in [-0.39, 0.29) is 10.6 Å². The molecule has 0 amide bonds. The Morgan fingerprint density at radius 1 is 1.04 bits per heavy atom. The van der Waals surface area contributed by atoms with Crippen LogP contribution in [0.15, 0.2) is 58.5 Å². The van der Waals surface area contributed by atoms with Gasteiger partial charge in [0, 0.05) is 6.26 Å². The molecule has 0 spiro atoms. The van der Waals surface area contributed by atoms with E-state index < -0.39 is 21.6 Å². The molecule has 0 aliphatic carbocycles. The largest absolute Gasteiger partial charge is 0.418 e. The van der Waals surface area contributed by atoms with Crippen molar-refractivity contribution in [2.45, 2.75) is 18.0 Å². The molecule has 1 N–H and O–H groups in total. The fourth-order valence-corrected chi connectivity index (χ4v) is 2.61. The first-order valence-electron chi connectivity index (χ1n) is 6.86. The van der Waals surface area contributed by atoms with E-state index in [1.165, 1.54) is 30.3 Å². The lowest BCUT2D eigenvalue weighted by molar-refractivity contribution is -0.136. The minimum atomic E-state index is -4.48. The van der Waals surface area contributed by atoms with Gasteiger partial charge in [0.15, 0.2) is 9.84 Å². The van der Waals surface area contributed by atoms with E-state index in [1.807, 2.05) is 0 Å². The first-order valence-corrected chi connectivity index (χ1v) is 8.75. The number of sulfone groups is 1. The molecule has 0 heterocycles. The van der Waals surface area contributed by atoms with Crippen LogP contribution in [0.2, 0.25) is 0 Å². The van der Waals surface area contributed by atoms with Crippen molar-refractivity contribution in [1.82, 2.24) is 0 Å². The highest BCUT2D eigenvalue weighted by Crippen LogP contribution is 2.34. The van der Waals surface area contributed by atoms with Crippen molar-refractivity contribution in [1.29, 1.82) is 0 Å². The summed E-state index contributed by atoms with van der Waals surface area (Å²) in [6, 6.07) is 11.0. The van der Waals surface area contributed by atoms with Crippen LogP contribution in [0, 0.1) is 0 Å². The normalized spacial score (nSPS) is 13.0. The molecule has 0 aliphatic rings. The number of halogens is 3. The predicted octanol–water partition coefficient (Wildman–Crippen LogP) is 3.95. The van der Waals surface area contributed by atoms with Crippen molar-refractivity contribution in [3.63, 3.8) is 0 Å². The van der Waals surface area contributed by atoms with E-state index in [0.717, 1.165) is 12.3 Å². The molecule has 24 heavy (non-hydrogen) atoms. The van der Waals surface area contributed by atoms with Gasteiger partial charge in [-0.15, -0.1) is 0 Å². The molecule has 2 rings (SSSR count). The van der Waals surface area contributed by atoms with Gasteiger partial charge in [0.25, 0.3) is 0 Å². The molecule has 0 atom stereocenters. The summed E-state index contributed by atoms with van der Waals surface area (Å²) in [5.41, 5.74) is 2.47. The molecule has 0 fully saturated rings. The van der Waals surface area contributed by atoms with Crippen LogP contribution in [0.1, 0.15) is 18.1 Å². The van der Waals surface area contributed by atoms with Crippen LogP contribution < -0.4 is 5.43 Å². The van der Waals surface area contributed by atoms with Crippen molar-refractivity contribution >= 4 is 21.2 Å². The topological polar surface area (TPSA) is 58.5 Å². The van der Waals surface area contributed by atoms with Gasteiger partial charge in [-0.25, -0.2) is 8.42 Å². The van der Waals surface area contributed by atoms with E-state index in [1.54, 1.807) is 19.1 Å². The smallest absolute Gasteiger partial charge is 0.278 e. The van der Waals surface area contributed by atoms with E-state index in [2.05, 4.69) is 10.5 Å². The van der Waals surface area contributed by atoms with Gasteiger partial charge in [-0.2, -0.15) is 18.3 Å². The average Bonchev–Trinajstić information content (AvgIpc) is 2.51. The first-order chi connectivity index (χ1) is 11.1. The predicted molar refractivity (Wildman–Crippen MR) is 86.8 cm³/mol. The van der Waals surface area contributed by atoms with Crippen LogP contribution in [0.5, 0.6) is 0 Å². The van der Waals surface area contributed by atoms with Crippen molar-refractivity contribution in [2.75, 3.05) is 11.7 Å². The summed E-state index contributed by atoms with van der Waals surface area (Å²) in [6.45, 7) is 1.61. The SMILES string of the molecule is C/C(=N\Nc1ccccc1C(F)(F)F)c1ccc(S(C)(=O)=O)cc1. The molecular formula is C16H15F3N2O2S. The van der Waals surface area contributed by atoms with E-state index in [9.17, 15) is 21.6 Å². The molecule has 0 saturated carbocycles. The van der Waals surface area contributed by atoms with Crippen LogP contribution in [0.3, 0.4) is 0 Å². The molecule has 2 aromatic rings. The standard InChI is InChI=1S/C16H15F3N2O2S/c1-11(12-7-9-13(10-8-12)24(2,22)23)20-21-15-6-4-3-5-14(15)16(17,18)19/h3-10,21H,1-2H3/b20-11+. The maximum Gasteiger partial charge on any atom is 0.418 e. The van der Waals surface area contributed by atoms with E-state index >= 15 is 0 Å². The average molecular weight is 356 g/mol. The maximum atomic E-state index is 12.9. The Balaban J connectivity index is 2.24. The fraction of sp³-hybridized carbons (Fsp3) is 0.188. The summed E-state index contributed by atoms with van der Waals surface area (Å²) in [5.74, 6) is 0. The van der Waals surface area contributed by atoms with Crippen LogP contribution in [0.25, 0.3) is 0 Å². The Morgan fingerprint density at radius 2 is 1.62 bits per heavy atom. The van der Waals surface area contributed by atoms with Crippen LogP contribution in [-0.4, -0.2) is 20.4 Å². The number of nitrogens with one attached hydrogen (secondary N) is 1. The third-order valence-electron chi connectivity index (χ3n) is 3.28. The monoisotopic (exact) mass is 356 g/mol. The Morgan fingerprint density at radius 3 is 2.17 bits per heavy atom. The molecular weight excluding hydrogens is 341 g/mol. The maximum absolute atomic E-state index is 12.9. The first kappa shape index (κ1) is 18.0. The molecule has 0 unspecified atom stereocenters. The minimum Gasteiger partial charge on any atom is -0.278 e. The van der Waals surface area contributed by atoms with Crippen molar-refractivity contribution in [3.05, 3.63) is 59.7 Å². The fourth-order valence-electron chi connectivity index (χ4n) is 1.98. The number of hydrogen-bond acceptors (Lipinski definition) is 4. The Hall–Kier alpha value is -2.35. The van der Waals surface area contributed by atoms with E-state index in [4.69, 9.17) is 0 Å². The third kappa shape index (κ3) is 4.35. The number of para-hydroxylation sites is 1. The molecule has 2 aromatic carbocycles. The Labute approximate surface area is 137 Å².